The second kappa shape index (κ2) is 12.5. The Balaban J connectivity index is 1.32. The van der Waals surface area contributed by atoms with Crippen molar-refractivity contribution >= 4 is 40.3 Å². The molecule has 5 rings (SSSR count). The number of nitrogens with two attached hydrogens (primary N) is 1. The Kier molecular flexibility index (Phi) is 9.13. The van der Waals surface area contributed by atoms with Gasteiger partial charge in [-0.25, -0.2) is 23.7 Å². The van der Waals surface area contributed by atoms with E-state index in [2.05, 4.69) is 44.9 Å². The summed E-state index contributed by atoms with van der Waals surface area (Å²) in [7, 11) is -16.7. The van der Waals surface area contributed by atoms with Crippen molar-refractivity contribution < 1.29 is 56.3 Å². The fraction of sp³-hybridized carbons (Fsp3) is 0.217. The molecule has 18 nitrogen and oxygen atoms in total. The van der Waals surface area contributed by atoms with Gasteiger partial charge in [0.15, 0.2) is 0 Å². The minimum absolute atomic E-state index is 0.0517. The van der Waals surface area contributed by atoms with Crippen molar-refractivity contribution in [2.75, 3.05) is 12.3 Å². The predicted octanol–water partition coefficient (Wildman–Crippen LogP) is 1.86. The summed E-state index contributed by atoms with van der Waals surface area (Å²) in [5.74, 6) is 6.16. The Morgan fingerprint density at radius 2 is 1.75 bits per heavy atom. The Hall–Kier alpha value is -3.39. The molecule has 4 aromatic rings. The van der Waals surface area contributed by atoms with E-state index in [-0.39, 0.29) is 12.2 Å². The first-order chi connectivity index (χ1) is 20.7. The van der Waals surface area contributed by atoms with Crippen LogP contribution in [0, 0.1) is 11.8 Å². The third-order valence-electron chi connectivity index (χ3n) is 6.00. The van der Waals surface area contributed by atoms with Crippen LogP contribution >= 0.6 is 23.5 Å². The number of hydrogen-bond acceptors (Lipinski definition) is 13. The smallest absolute Gasteiger partial charge is 0.390 e. The Morgan fingerprint density at radius 3 is 2.43 bits per heavy atom. The monoisotopic (exact) mass is 668 g/mol. The quantitative estimate of drug-likeness (QED) is 0.110. The fourth-order valence-corrected chi connectivity index (χ4v) is 7.23. The predicted molar refractivity (Wildman–Crippen MR) is 150 cm³/mol. The summed E-state index contributed by atoms with van der Waals surface area (Å²) in [5, 5.41) is 10.9. The number of ether oxygens (including phenoxy) is 1. The van der Waals surface area contributed by atoms with Gasteiger partial charge in [-0.3, -0.25) is 14.5 Å². The highest BCUT2D eigenvalue weighted by Crippen LogP contribution is 2.66. The molecule has 4 aromatic heterocycles. The standard InChI is InChI=1S/C23H23N6O12P3/c24-22-21-15(6-4-14-5-7-17(26-10-14)16-3-1-2-8-25-16)11-29(23(21)28-13-27-22)20-9-18(30)19(39-20)12-38-43(34,35)41-44(36,37)40-42(31,32)33/h1-3,5,7-8,10-11,13,18-20,30H,9,12H2,(H,34,35)(H,36,37)(H2,24,27,28)(H2,31,32,33)/t18-,19+,20+/m0/s1. The van der Waals surface area contributed by atoms with Crippen LogP contribution in [0.4, 0.5) is 5.82 Å². The van der Waals surface area contributed by atoms with Crippen LogP contribution in [0.3, 0.4) is 0 Å². The molecule has 21 heteroatoms. The highest BCUT2D eigenvalue weighted by Gasteiger charge is 2.43. The maximum Gasteiger partial charge on any atom is 0.490 e. The minimum Gasteiger partial charge on any atom is -0.390 e. The van der Waals surface area contributed by atoms with E-state index >= 15 is 0 Å². The normalized spacial score (nSPS) is 21.3. The van der Waals surface area contributed by atoms with E-state index in [1.54, 1.807) is 36.8 Å². The lowest BCUT2D eigenvalue weighted by molar-refractivity contribution is -0.0421. The van der Waals surface area contributed by atoms with E-state index in [0.29, 0.717) is 33.5 Å². The molecule has 7 N–H and O–H groups in total. The van der Waals surface area contributed by atoms with Crippen LogP contribution in [0.5, 0.6) is 0 Å². The van der Waals surface area contributed by atoms with Gasteiger partial charge in [-0.15, -0.1) is 0 Å². The SMILES string of the molecule is Nc1ncnc2c1c(C#Cc1ccc(-c3ccccn3)nc1)cn2[C@H]1C[C@H](O)[C@@H](COP(=O)(O)OP(=O)(O)OP(=O)(O)O)O1. The van der Waals surface area contributed by atoms with Crippen molar-refractivity contribution in [2.24, 2.45) is 0 Å². The average molecular weight is 668 g/mol. The molecule has 5 heterocycles. The number of nitrogen functional groups attached to an aromatic ring is 1. The van der Waals surface area contributed by atoms with E-state index in [1.165, 1.54) is 10.9 Å². The summed E-state index contributed by atoms with van der Waals surface area (Å²) < 4.78 is 53.7. The number of rotatable bonds is 9. The molecule has 0 radical (unpaired) electrons. The van der Waals surface area contributed by atoms with E-state index < -0.39 is 48.5 Å². The summed E-state index contributed by atoms with van der Waals surface area (Å²) in [5.41, 5.74) is 8.85. The summed E-state index contributed by atoms with van der Waals surface area (Å²) in [6.45, 7) is -0.828. The van der Waals surface area contributed by atoms with Crippen LogP contribution in [0.2, 0.25) is 0 Å². The zero-order valence-corrected chi connectivity index (χ0v) is 24.8. The number of phosphoric ester groups is 1. The number of hydrogen-bond donors (Lipinski definition) is 6. The molecule has 5 atom stereocenters. The van der Waals surface area contributed by atoms with Crippen molar-refractivity contribution in [1.29, 1.82) is 0 Å². The van der Waals surface area contributed by atoms with Gasteiger partial charge in [-0.1, -0.05) is 17.9 Å². The molecule has 0 aliphatic carbocycles. The maximum atomic E-state index is 12.1. The van der Waals surface area contributed by atoms with Crippen molar-refractivity contribution in [3.05, 3.63) is 66.4 Å². The molecule has 0 saturated carbocycles. The van der Waals surface area contributed by atoms with E-state index in [1.807, 2.05) is 12.1 Å². The van der Waals surface area contributed by atoms with Crippen LogP contribution in [0.15, 0.2) is 55.2 Å². The number of phosphoric acid groups is 3. The highest BCUT2D eigenvalue weighted by molar-refractivity contribution is 7.66. The van der Waals surface area contributed by atoms with Gasteiger partial charge >= 0.3 is 23.5 Å². The zero-order chi connectivity index (χ0) is 31.7. The summed E-state index contributed by atoms with van der Waals surface area (Å²) in [4.78, 5) is 53.3. The van der Waals surface area contributed by atoms with Crippen LogP contribution in [-0.4, -0.2) is 68.0 Å². The molecular formula is C23H23N6O12P3. The van der Waals surface area contributed by atoms with E-state index in [9.17, 15) is 28.6 Å². The Bertz CT molecular complexity index is 1870. The zero-order valence-electron chi connectivity index (χ0n) is 22.1. The second-order valence-electron chi connectivity index (χ2n) is 9.12. The molecule has 232 valence electrons. The van der Waals surface area contributed by atoms with Crippen molar-refractivity contribution in [3.8, 4) is 23.2 Å². The van der Waals surface area contributed by atoms with Gasteiger partial charge in [-0.05, 0) is 24.3 Å². The Labute approximate surface area is 247 Å². The molecule has 0 spiro atoms. The first kappa shape index (κ1) is 32.0. The second-order valence-corrected chi connectivity index (χ2v) is 13.5. The molecular weight excluding hydrogens is 645 g/mol. The van der Waals surface area contributed by atoms with Crippen LogP contribution in [0.1, 0.15) is 23.8 Å². The minimum atomic E-state index is -5.70. The molecule has 0 aromatic carbocycles. The summed E-state index contributed by atoms with van der Waals surface area (Å²) in [6, 6.07) is 9.05. The van der Waals surface area contributed by atoms with E-state index in [4.69, 9.17) is 20.3 Å². The van der Waals surface area contributed by atoms with Gasteiger partial charge in [0.2, 0.25) is 0 Å². The Morgan fingerprint density at radius 1 is 0.977 bits per heavy atom. The number of aliphatic hydroxyl groups excluding tert-OH is 1. The van der Waals surface area contributed by atoms with E-state index in [0.717, 1.165) is 0 Å². The molecule has 0 bridgehead atoms. The van der Waals surface area contributed by atoms with Crippen LogP contribution in [0.25, 0.3) is 22.4 Å². The van der Waals surface area contributed by atoms with Gasteiger partial charge in [0.05, 0.1) is 35.0 Å². The number of aliphatic hydroxyl groups is 1. The lowest BCUT2D eigenvalue weighted by Gasteiger charge is -2.19. The number of nitrogens with zero attached hydrogens (tertiary/aromatic N) is 5. The van der Waals surface area contributed by atoms with Gasteiger partial charge in [0.1, 0.15) is 30.1 Å². The van der Waals surface area contributed by atoms with Gasteiger partial charge in [0, 0.05) is 30.6 Å². The fourth-order valence-electron chi connectivity index (χ4n) is 4.20. The topological polar surface area (TPSA) is 272 Å². The first-order valence-corrected chi connectivity index (χ1v) is 16.8. The molecule has 1 fully saturated rings. The number of anilines is 1. The van der Waals surface area contributed by atoms with Crippen molar-refractivity contribution in [3.63, 3.8) is 0 Å². The molecule has 1 aliphatic heterocycles. The molecule has 1 aliphatic rings. The van der Waals surface area contributed by atoms with Crippen LogP contribution in [-0.2, 0) is 31.6 Å². The molecule has 0 amide bonds. The average Bonchev–Trinajstić information content (AvgIpc) is 3.50. The summed E-state index contributed by atoms with van der Waals surface area (Å²) >= 11 is 0. The third-order valence-corrected chi connectivity index (χ3v) is 9.81. The summed E-state index contributed by atoms with van der Waals surface area (Å²) in [6.07, 6.45) is 2.61. The van der Waals surface area contributed by atoms with Crippen molar-refractivity contribution in [2.45, 2.75) is 24.9 Å². The largest absolute Gasteiger partial charge is 0.490 e. The molecule has 1 saturated heterocycles. The number of aromatic nitrogens is 5. The highest BCUT2D eigenvalue weighted by atomic mass is 31.3. The van der Waals surface area contributed by atoms with Gasteiger partial charge in [-0.2, -0.15) is 8.62 Å². The van der Waals surface area contributed by atoms with Crippen LogP contribution < -0.4 is 5.73 Å². The number of fused-ring (bicyclic) bond motifs is 1. The molecule has 2 unspecified atom stereocenters. The lowest BCUT2D eigenvalue weighted by Crippen LogP contribution is -2.26. The number of pyridine rings is 2. The lowest BCUT2D eigenvalue weighted by atomic mass is 10.2. The van der Waals surface area contributed by atoms with Gasteiger partial charge < -0.3 is 39.7 Å². The first-order valence-electron chi connectivity index (χ1n) is 12.3. The third kappa shape index (κ3) is 7.81. The van der Waals surface area contributed by atoms with Gasteiger partial charge in [0.25, 0.3) is 0 Å². The van der Waals surface area contributed by atoms with Crippen molar-refractivity contribution in [1.82, 2.24) is 24.5 Å². The maximum absolute atomic E-state index is 12.1. The molecule has 44 heavy (non-hydrogen) atoms.